The summed E-state index contributed by atoms with van der Waals surface area (Å²) in [5.74, 6) is 0. The maximum Gasteiger partial charge on any atom is 0.0719 e. The quantitative estimate of drug-likeness (QED) is 0.772. The van der Waals surface area contributed by atoms with Gasteiger partial charge in [0.1, 0.15) is 0 Å². The van der Waals surface area contributed by atoms with Gasteiger partial charge in [0.25, 0.3) is 0 Å². The predicted octanol–water partition coefficient (Wildman–Crippen LogP) is 3.83. The Morgan fingerprint density at radius 2 is 1.87 bits per heavy atom. The van der Waals surface area contributed by atoms with Crippen LogP contribution in [-0.2, 0) is 4.74 Å². The number of ether oxygens (including phenoxy) is 1. The molecule has 15 heavy (non-hydrogen) atoms. The fourth-order valence-electron chi connectivity index (χ4n) is 1.16. The largest absolute Gasteiger partial charge is 0.380 e. The molecule has 0 saturated carbocycles. The topological polar surface area (TPSA) is 21.3 Å². The summed E-state index contributed by atoms with van der Waals surface area (Å²) in [5, 5.41) is 4.43. The number of hydrogen-bond acceptors (Lipinski definition) is 2. The van der Waals surface area contributed by atoms with Crippen LogP contribution >= 0.6 is 23.2 Å². The molecular weight excluding hydrogens is 233 g/mol. The van der Waals surface area contributed by atoms with Crippen LogP contribution in [0.5, 0.6) is 0 Å². The molecule has 4 heteroatoms. The summed E-state index contributed by atoms with van der Waals surface area (Å²) in [4.78, 5) is 0. The first-order valence-corrected chi connectivity index (χ1v) is 5.77. The lowest BCUT2D eigenvalue weighted by atomic mass is 10.3. The Morgan fingerprint density at radius 3 is 2.47 bits per heavy atom. The van der Waals surface area contributed by atoms with Crippen molar-refractivity contribution in [3.8, 4) is 0 Å². The normalized spacial score (nSPS) is 10.3. The van der Waals surface area contributed by atoms with Crippen molar-refractivity contribution in [2.45, 2.75) is 13.3 Å². The van der Waals surface area contributed by atoms with Gasteiger partial charge in [0.15, 0.2) is 0 Å². The number of anilines is 1. The van der Waals surface area contributed by atoms with Gasteiger partial charge in [-0.3, -0.25) is 0 Å². The van der Waals surface area contributed by atoms with Crippen molar-refractivity contribution in [3.05, 3.63) is 28.2 Å². The van der Waals surface area contributed by atoms with Crippen molar-refractivity contribution in [2.24, 2.45) is 0 Å². The summed E-state index contributed by atoms with van der Waals surface area (Å²) in [6.07, 6.45) is 1.03. The van der Waals surface area contributed by atoms with E-state index < -0.39 is 0 Å². The molecule has 1 N–H and O–H groups in total. The third kappa shape index (κ3) is 4.29. The lowest BCUT2D eigenvalue weighted by Gasteiger charge is -2.10. The van der Waals surface area contributed by atoms with E-state index in [1.54, 1.807) is 0 Å². The van der Waals surface area contributed by atoms with Crippen LogP contribution in [0.1, 0.15) is 13.3 Å². The molecular formula is C11H15Cl2NO. The molecule has 1 aromatic rings. The summed E-state index contributed by atoms with van der Waals surface area (Å²) >= 11 is 12.0. The lowest BCUT2D eigenvalue weighted by Crippen LogP contribution is -2.10. The standard InChI is InChI=1S/C11H15Cl2NO/c1-2-7-15-8-6-14-11-9(12)4-3-5-10(11)13/h3-5,14H,2,6-8H2,1H3. The van der Waals surface area contributed by atoms with Crippen molar-refractivity contribution in [3.63, 3.8) is 0 Å². The molecule has 0 fully saturated rings. The second-order valence-electron chi connectivity index (χ2n) is 3.14. The number of benzene rings is 1. The van der Waals surface area contributed by atoms with Crippen molar-refractivity contribution < 1.29 is 4.74 Å². The molecule has 84 valence electrons. The Balaban J connectivity index is 2.37. The van der Waals surface area contributed by atoms with Crippen molar-refractivity contribution in [1.82, 2.24) is 0 Å². The molecule has 0 atom stereocenters. The minimum absolute atomic E-state index is 0.637. The maximum atomic E-state index is 5.98. The molecule has 0 aliphatic rings. The summed E-state index contributed by atoms with van der Waals surface area (Å²) in [7, 11) is 0. The minimum Gasteiger partial charge on any atom is -0.380 e. The maximum absolute atomic E-state index is 5.98. The predicted molar refractivity (Wildman–Crippen MR) is 66.1 cm³/mol. The lowest BCUT2D eigenvalue weighted by molar-refractivity contribution is 0.144. The highest BCUT2D eigenvalue weighted by Gasteiger charge is 2.03. The Labute approximate surface area is 101 Å². The Morgan fingerprint density at radius 1 is 1.20 bits per heavy atom. The zero-order valence-electron chi connectivity index (χ0n) is 8.72. The number of rotatable bonds is 6. The molecule has 1 aromatic carbocycles. The molecule has 0 spiro atoms. The fraction of sp³-hybridized carbons (Fsp3) is 0.455. The average Bonchev–Trinajstić information content (AvgIpc) is 2.21. The van der Waals surface area contributed by atoms with Crippen LogP contribution in [-0.4, -0.2) is 19.8 Å². The molecule has 0 aromatic heterocycles. The number of hydrogen-bond donors (Lipinski definition) is 1. The number of nitrogens with one attached hydrogen (secondary N) is 1. The monoisotopic (exact) mass is 247 g/mol. The van der Waals surface area contributed by atoms with Crippen LogP contribution < -0.4 is 5.32 Å². The van der Waals surface area contributed by atoms with E-state index in [2.05, 4.69) is 12.2 Å². The van der Waals surface area contributed by atoms with Crippen LogP contribution in [0, 0.1) is 0 Å². The van der Waals surface area contributed by atoms with Crippen LogP contribution in [0.4, 0.5) is 5.69 Å². The molecule has 0 aliphatic heterocycles. The van der Waals surface area contributed by atoms with Crippen LogP contribution in [0.2, 0.25) is 10.0 Å². The molecule has 0 radical (unpaired) electrons. The van der Waals surface area contributed by atoms with Gasteiger partial charge in [-0.15, -0.1) is 0 Å². The zero-order chi connectivity index (χ0) is 11.1. The first-order valence-electron chi connectivity index (χ1n) is 5.01. The third-order valence-electron chi connectivity index (χ3n) is 1.86. The van der Waals surface area contributed by atoms with E-state index in [9.17, 15) is 0 Å². The molecule has 0 amide bonds. The van der Waals surface area contributed by atoms with E-state index >= 15 is 0 Å². The smallest absolute Gasteiger partial charge is 0.0719 e. The van der Waals surface area contributed by atoms with Gasteiger partial charge >= 0.3 is 0 Å². The van der Waals surface area contributed by atoms with Crippen LogP contribution in [0.25, 0.3) is 0 Å². The van der Waals surface area contributed by atoms with Gasteiger partial charge in [-0.05, 0) is 18.6 Å². The molecule has 0 unspecified atom stereocenters. The SMILES string of the molecule is CCCOCCNc1c(Cl)cccc1Cl. The summed E-state index contributed by atoms with van der Waals surface area (Å²) < 4.78 is 5.34. The molecule has 1 rings (SSSR count). The Bertz CT molecular complexity index is 284. The molecule has 0 bridgehead atoms. The van der Waals surface area contributed by atoms with E-state index in [4.69, 9.17) is 27.9 Å². The number of halogens is 2. The molecule has 0 aliphatic carbocycles. The number of para-hydroxylation sites is 1. The van der Waals surface area contributed by atoms with Crippen LogP contribution in [0.15, 0.2) is 18.2 Å². The zero-order valence-corrected chi connectivity index (χ0v) is 10.2. The van der Waals surface area contributed by atoms with Crippen molar-refractivity contribution in [1.29, 1.82) is 0 Å². The van der Waals surface area contributed by atoms with Gasteiger partial charge in [0.05, 0.1) is 22.3 Å². The highest BCUT2D eigenvalue weighted by Crippen LogP contribution is 2.29. The molecule has 2 nitrogen and oxygen atoms in total. The van der Waals surface area contributed by atoms with E-state index in [1.165, 1.54) is 0 Å². The minimum atomic E-state index is 0.637. The second kappa shape index (κ2) is 6.94. The Kier molecular flexibility index (Phi) is 5.84. The summed E-state index contributed by atoms with van der Waals surface area (Å²) in [6.45, 7) is 4.25. The highest BCUT2D eigenvalue weighted by atomic mass is 35.5. The fourth-order valence-corrected chi connectivity index (χ4v) is 1.69. The van der Waals surface area contributed by atoms with E-state index in [-0.39, 0.29) is 0 Å². The first-order chi connectivity index (χ1) is 7.25. The van der Waals surface area contributed by atoms with Gasteiger partial charge in [0, 0.05) is 13.2 Å². The second-order valence-corrected chi connectivity index (χ2v) is 3.95. The van der Waals surface area contributed by atoms with Gasteiger partial charge in [-0.2, -0.15) is 0 Å². The van der Waals surface area contributed by atoms with Gasteiger partial charge in [-0.1, -0.05) is 36.2 Å². The Hall–Kier alpha value is -0.440. The van der Waals surface area contributed by atoms with Gasteiger partial charge in [0.2, 0.25) is 0 Å². The summed E-state index contributed by atoms with van der Waals surface area (Å²) in [6, 6.07) is 5.44. The van der Waals surface area contributed by atoms with E-state index in [0.29, 0.717) is 23.2 Å². The first kappa shape index (κ1) is 12.6. The highest BCUT2D eigenvalue weighted by molar-refractivity contribution is 6.39. The molecule has 0 heterocycles. The van der Waals surface area contributed by atoms with Crippen LogP contribution in [0.3, 0.4) is 0 Å². The summed E-state index contributed by atoms with van der Waals surface area (Å²) in [5.41, 5.74) is 0.779. The van der Waals surface area contributed by atoms with Gasteiger partial charge < -0.3 is 10.1 Å². The third-order valence-corrected chi connectivity index (χ3v) is 2.49. The molecule has 0 saturated heterocycles. The van der Waals surface area contributed by atoms with E-state index in [0.717, 1.165) is 18.7 Å². The average molecular weight is 248 g/mol. The van der Waals surface area contributed by atoms with Crippen molar-refractivity contribution in [2.75, 3.05) is 25.1 Å². The van der Waals surface area contributed by atoms with Gasteiger partial charge in [-0.25, -0.2) is 0 Å². The van der Waals surface area contributed by atoms with E-state index in [1.807, 2.05) is 18.2 Å². The van der Waals surface area contributed by atoms with Crippen molar-refractivity contribution >= 4 is 28.9 Å².